The Hall–Kier alpha value is -4.13. The molecule has 34 heavy (non-hydrogen) atoms. The predicted octanol–water partition coefficient (Wildman–Crippen LogP) is 4.42. The summed E-state index contributed by atoms with van der Waals surface area (Å²) in [5, 5.41) is 11.9. The number of carbonyl (C=O) groups excluding carboxylic acids is 2. The summed E-state index contributed by atoms with van der Waals surface area (Å²) in [6.07, 6.45) is -0.747. The van der Waals surface area contributed by atoms with Crippen LogP contribution in [0.1, 0.15) is 30.9 Å². The topological polar surface area (TPSA) is 95.9 Å². The summed E-state index contributed by atoms with van der Waals surface area (Å²) in [7, 11) is 0. The minimum Gasteiger partial charge on any atom is -0.480 e. The van der Waals surface area contributed by atoms with E-state index in [1.54, 1.807) is 30.3 Å². The van der Waals surface area contributed by atoms with E-state index in [-0.39, 0.29) is 12.5 Å². The van der Waals surface area contributed by atoms with Crippen LogP contribution >= 0.6 is 0 Å². The van der Waals surface area contributed by atoms with E-state index in [2.05, 4.69) is 17.4 Å². The van der Waals surface area contributed by atoms with Crippen molar-refractivity contribution in [1.82, 2.24) is 5.32 Å². The second kappa shape index (κ2) is 9.39. The number of nitrogens with zero attached hydrogens (tertiary/aromatic N) is 1. The fourth-order valence-corrected chi connectivity index (χ4v) is 4.30. The minimum absolute atomic E-state index is 0.107. The van der Waals surface area contributed by atoms with E-state index in [1.807, 2.05) is 36.4 Å². The molecule has 0 saturated heterocycles. The van der Waals surface area contributed by atoms with Crippen molar-refractivity contribution in [2.24, 2.45) is 0 Å². The van der Waals surface area contributed by atoms with Gasteiger partial charge in [-0.1, -0.05) is 66.7 Å². The predicted molar refractivity (Wildman–Crippen MR) is 129 cm³/mol. The molecule has 0 radical (unpaired) electrons. The minimum atomic E-state index is -1.39. The number of anilines is 1. The number of nitrogens with one attached hydrogen (secondary N) is 1. The van der Waals surface area contributed by atoms with Crippen LogP contribution in [-0.2, 0) is 14.3 Å². The third kappa shape index (κ3) is 4.64. The molecule has 7 nitrogen and oxygen atoms in total. The number of hydrogen-bond donors (Lipinski definition) is 2. The van der Waals surface area contributed by atoms with Gasteiger partial charge in [0.1, 0.15) is 18.7 Å². The van der Waals surface area contributed by atoms with Crippen molar-refractivity contribution in [2.75, 3.05) is 18.1 Å². The Bertz CT molecular complexity index is 1180. The van der Waals surface area contributed by atoms with Crippen molar-refractivity contribution in [2.45, 2.75) is 25.3 Å². The van der Waals surface area contributed by atoms with Crippen LogP contribution in [0.2, 0.25) is 0 Å². The summed E-state index contributed by atoms with van der Waals surface area (Å²) in [5.41, 5.74) is 3.45. The Morgan fingerprint density at radius 2 is 1.41 bits per heavy atom. The molecule has 2 amide bonds. The molecule has 3 aromatic carbocycles. The molecule has 0 heterocycles. The molecule has 0 fully saturated rings. The second-order valence-electron chi connectivity index (χ2n) is 8.70. The second-order valence-corrected chi connectivity index (χ2v) is 8.70. The maximum absolute atomic E-state index is 13.2. The molecule has 0 atom stereocenters. The van der Waals surface area contributed by atoms with Gasteiger partial charge in [0, 0.05) is 11.6 Å². The van der Waals surface area contributed by atoms with Gasteiger partial charge in [-0.15, -0.1) is 0 Å². The number of aliphatic carboxylic acids is 1. The van der Waals surface area contributed by atoms with E-state index in [1.165, 1.54) is 13.8 Å². The number of amides is 2. The molecule has 1 aliphatic carbocycles. The number of rotatable bonds is 7. The summed E-state index contributed by atoms with van der Waals surface area (Å²) in [4.78, 5) is 38.4. The number of alkyl carbamates (subject to hydrolysis) is 1. The van der Waals surface area contributed by atoms with Crippen molar-refractivity contribution >= 4 is 23.7 Å². The van der Waals surface area contributed by atoms with E-state index in [0.717, 1.165) is 27.2 Å². The highest BCUT2D eigenvalue weighted by atomic mass is 16.5. The number of carboxylic acids is 1. The first-order chi connectivity index (χ1) is 16.3. The van der Waals surface area contributed by atoms with Gasteiger partial charge in [0.05, 0.1) is 0 Å². The number of fused-ring (bicyclic) bond motifs is 3. The largest absolute Gasteiger partial charge is 0.480 e. The van der Waals surface area contributed by atoms with Gasteiger partial charge in [0.25, 0.3) is 5.91 Å². The Morgan fingerprint density at radius 3 is 1.97 bits per heavy atom. The van der Waals surface area contributed by atoms with Crippen LogP contribution in [0.3, 0.4) is 0 Å². The highest BCUT2D eigenvalue weighted by Crippen LogP contribution is 2.44. The smallest absolute Gasteiger partial charge is 0.408 e. The molecule has 174 valence electrons. The molecule has 7 heteroatoms. The van der Waals surface area contributed by atoms with Crippen molar-refractivity contribution in [3.63, 3.8) is 0 Å². The third-order valence-corrected chi connectivity index (χ3v) is 5.90. The maximum Gasteiger partial charge on any atom is 0.408 e. The van der Waals surface area contributed by atoms with Gasteiger partial charge in [-0.05, 0) is 48.2 Å². The van der Waals surface area contributed by atoms with Gasteiger partial charge in [-0.25, -0.2) is 4.79 Å². The number of hydrogen-bond acceptors (Lipinski definition) is 4. The van der Waals surface area contributed by atoms with Gasteiger partial charge in [-0.2, -0.15) is 0 Å². The molecule has 3 aromatic rings. The van der Waals surface area contributed by atoms with Crippen molar-refractivity contribution < 1.29 is 24.2 Å². The molecular formula is C27H26N2O5. The zero-order chi connectivity index (χ0) is 24.3. The Morgan fingerprint density at radius 1 is 0.882 bits per heavy atom. The number of carboxylic acid groups (broad SMARTS) is 1. The van der Waals surface area contributed by atoms with Crippen LogP contribution in [0, 0.1) is 0 Å². The number of ether oxygens (including phenoxy) is 1. The highest BCUT2D eigenvalue weighted by molar-refractivity contribution is 6.03. The van der Waals surface area contributed by atoms with Gasteiger partial charge >= 0.3 is 12.1 Å². The van der Waals surface area contributed by atoms with E-state index < -0.39 is 30.1 Å². The lowest BCUT2D eigenvalue weighted by Gasteiger charge is -2.31. The summed E-state index contributed by atoms with van der Waals surface area (Å²) < 4.78 is 5.56. The molecule has 4 rings (SSSR count). The fourth-order valence-electron chi connectivity index (χ4n) is 4.30. The molecule has 0 aliphatic heterocycles. The highest BCUT2D eigenvalue weighted by Gasteiger charge is 2.36. The van der Waals surface area contributed by atoms with Crippen LogP contribution in [0.25, 0.3) is 11.1 Å². The van der Waals surface area contributed by atoms with Crippen LogP contribution in [-0.4, -0.2) is 41.8 Å². The standard InChI is InChI=1S/C27H26N2O5/c1-27(2,25(32)29(16-24(30)31)18-10-4-3-5-11-18)28-26(33)34-17-23-21-14-8-6-12-19(21)20-13-7-9-15-22(20)23/h3-15,23H,16-17H2,1-2H3,(H,28,33)(H,30,31). The normalized spacial score (nSPS) is 12.4. The van der Waals surface area contributed by atoms with Gasteiger partial charge in [0.2, 0.25) is 0 Å². The summed E-state index contributed by atoms with van der Waals surface area (Å²) in [6.45, 7) is 2.63. The van der Waals surface area contributed by atoms with Crippen molar-refractivity contribution in [3.05, 3.63) is 90.0 Å². The average Bonchev–Trinajstić information content (AvgIpc) is 3.14. The quantitative estimate of drug-likeness (QED) is 0.546. The zero-order valence-corrected chi connectivity index (χ0v) is 19.0. The molecule has 1 aliphatic rings. The van der Waals surface area contributed by atoms with Crippen LogP contribution in [0.15, 0.2) is 78.9 Å². The lowest BCUT2D eigenvalue weighted by Crippen LogP contribution is -2.57. The SMILES string of the molecule is CC(C)(NC(=O)OCC1c2ccccc2-c2ccccc21)C(=O)N(CC(=O)O)c1ccccc1. The number of para-hydroxylation sites is 1. The summed E-state index contributed by atoms with van der Waals surface area (Å²) in [6, 6.07) is 24.5. The Labute approximate surface area is 198 Å². The van der Waals surface area contributed by atoms with E-state index in [0.29, 0.717) is 5.69 Å². The van der Waals surface area contributed by atoms with Gasteiger partial charge in [0.15, 0.2) is 0 Å². The lowest BCUT2D eigenvalue weighted by atomic mass is 9.98. The van der Waals surface area contributed by atoms with Gasteiger partial charge < -0.3 is 15.2 Å². The van der Waals surface area contributed by atoms with Crippen molar-refractivity contribution in [3.8, 4) is 11.1 Å². The molecular weight excluding hydrogens is 432 g/mol. The summed E-state index contributed by atoms with van der Waals surface area (Å²) in [5.74, 6) is -1.83. The first-order valence-corrected chi connectivity index (χ1v) is 11.0. The molecule has 0 unspecified atom stereocenters. The molecule has 2 N–H and O–H groups in total. The Balaban J connectivity index is 1.46. The van der Waals surface area contributed by atoms with Crippen molar-refractivity contribution in [1.29, 1.82) is 0 Å². The number of benzene rings is 3. The summed E-state index contributed by atoms with van der Waals surface area (Å²) >= 11 is 0. The molecule has 0 bridgehead atoms. The fraction of sp³-hybridized carbons (Fsp3) is 0.222. The molecule has 0 aromatic heterocycles. The lowest BCUT2D eigenvalue weighted by molar-refractivity contribution is -0.137. The monoisotopic (exact) mass is 458 g/mol. The molecule has 0 spiro atoms. The van der Waals surface area contributed by atoms with Crippen LogP contribution in [0.4, 0.5) is 10.5 Å². The van der Waals surface area contributed by atoms with Crippen LogP contribution in [0.5, 0.6) is 0 Å². The van der Waals surface area contributed by atoms with Gasteiger partial charge in [-0.3, -0.25) is 14.5 Å². The zero-order valence-electron chi connectivity index (χ0n) is 19.0. The first-order valence-electron chi connectivity index (χ1n) is 11.0. The van der Waals surface area contributed by atoms with E-state index >= 15 is 0 Å². The average molecular weight is 459 g/mol. The molecule has 0 saturated carbocycles. The van der Waals surface area contributed by atoms with E-state index in [9.17, 15) is 19.5 Å². The number of carbonyl (C=O) groups is 3. The van der Waals surface area contributed by atoms with E-state index in [4.69, 9.17) is 4.74 Å². The maximum atomic E-state index is 13.2. The third-order valence-electron chi connectivity index (χ3n) is 5.90. The van der Waals surface area contributed by atoms with Crippen LogP contribution < -0.4 is 10.2 Å². The Kier molecular flexibility index (Phi) is 6.36. The first kappa shape index (κ1) is 23.0.